The third-order valence-electron chi connectivity index (χ3n) is 6.31. The minimum atomic E-state index is -0.784. The second-order valence-corrected chi connectivity index (χ2v) is 8.95. The van der Waals surface area contributed by atoms with Gasteiger partial charge >= 0.3 is 12.1 Å². The maximum Gasteiger partial charge on any atom is 0.435 e. The first kappa shape index (κ1) is 28.7. The molecule has 1 atom stereocenters. The van der Waals surface area contributed by atoms with Crippen LogP contribution in [0.4, 0.5) is 10.6 Å². The Morgan fingerprint density at radius 2 is 1.76 bits per heavy atom. The highest BCUT2D eigenvalue weighted by Crippen LogP contribution is 2.26. The van der Waals surface area contributed by atoms with Gasteiger partial charge < -0.3 is 24.5 Å². The Kier molecular flexibility index (Phi) is 8.92. The molecular formula is C29H30N6O6. The van der Waals surface area contributed by atoms with Gasteiger partial charge in [-0.05, 0) is 61.5 Å². The Labute approximate surface area is 236 Å². The predicted molar refractivity (Wildman–Crippen MR) is 152 cm³/mol. The molecule has 0 spiro atoms. The second kappa shape index (κ2) is 12.7. The van der Waals surface area contributed by atoms with E-state index in [2.05, 4.69) is 14.7 Å². The van der Waals surface area contributed by atoms with Gasteiger partial charge in [0, 0.05) is 30.9 Å². The van der Waals surface area contributed by atoms with Gasteiger partial charge in [-0.15, -0.1) is 0 Å². The zero-order valence-corrected chi connectivity index (χ0v) is 23.1. The van der Waals surface area contributed by atoms with Crippen molar-refractivity contribution in [3.63, 3.8) is 0 Å². The molecule has 4 aromatic rings. The van der Waals surface area contributed by atoms with Crippen molar-refractivity contribution in [1.29, 1.82) is 0 Å². The number of benzene rings is 2. The Morgan fingerprint density at radius 1 is 1.02 bits per heavy atom. The zero-order chi connectivity index (χ0) is 29.5. The molecular weight excluding hydrogens is 528 g/mol. The van der Waals surface area contributed by atoms with E-state index >= 15 is 0 Å². The normalized spacial score (nSPS) is 12.0. The van der Waals surface area contributed by atoms with Crippen LogP contribution < -0.4 is 15.4 Å². The number of hydrogen-bond acceptors (Lipinski definition) is 8. The van der Waals surface area contributed by atoms with E-state index in [9.17, 15) is 14.4 Å². The lowest BCUT2D eigenvalue weighted by molar-refractivity contribution is -0.140. The van der Waals surface area contributed by atoms with Crippen molar-refractivity contribution in [2.45, 2.75) is 19.4 Å². The lowest BCUT2D eigenvalue weighted by Gasteiger charge is -2.21. The van der Waals surface area contributed by atoms with Crippen molar-refractivity contribution in [2.75, 3.05) is 25.7 Å². The molecule has 2 heterocycles. The highest BCUT2D eigenvalue weighted by Gasteiger charge is 2.22. The van der Waals surface area contributed by atoms with E-state index in [4.69, 9.17) is 20.2 Å². The molecule has 0 radical (unpaired) electrons. The number of nitrogens with two attached hydrogens (primary N) is 1. The first-order chi connectivity index (χ1) is 19.7. The van der Waals surface area contributed by atoms with Gasteiger partial charge in [0.05, 0.1) is 31.7 Å². The Balaban J connectivity index is 1.55. The van der Waals surface area contributed by atoms with Gasteiger partial charge in [-0.3, -0.25) is 14.5 Å². The van der Waals surface area contributed by atoms with Crippen LogP contribution in [0.5, 0.6) is 5.75 Å². The maximum atomic E-state index is 13.5. The van der Waals surface area contributed by atoms with Gasteiger partial charge in [0.2, 0.25) is 0 Å². The third-order valence-corrected chi connectivity index (χ3v) is 6.31. The number of aryl methyl sites for hydroxylation is 1. The highest BCUT2D eigenvalue weighted by atomic mass is 16.5. The van der Waals surface area contributed by atoms with Gasteiger partial charge in [0.25, 0.3) is 5.91 Å². The molecule has 0 bridgehead atoms. The SMILES string of the molecule is COC(=O)CCN(C(=O)c1ccc2c(c1)nc(C(C)Oc1ccc(/C(N)=N\C(=O)OC)cc1)n2C)c1ccccn1. The van der Waals surface area contributed by atoms with Gasteiger partial charge in [-0.25, -0.2) is 14.8 Å². The van der Waals surface area contributed by atoms with E-state index < -0.39 is 18.2 Å². The first-order valence-corrected chi connectivity index (χ1v) is 12.7. The number of amidine groups is 1. The summed E-state index contributed by atoms with van der Waals surface area (Å²) in [6.07, 6.45) is 0.384. The first-order valence-electron chi connectivity index (χ1n) is 12.7. The second-order valence-electron chi connectivity index (χ2n) is 8.95. The molecule has 12 nitrogen and oxygen atoms in total. The smallest absolute Gasteiger partial charge is 0.435 e. The minimum absolute atomic E-state index is 0.0231. The molecule has 0 fully saturated rings. The van der Waals surface area contributed by atoms with Crippen molar-refractivity contribution >= 4 is 40.7 Å². The molecule has 2 aromatic heterocycles. The number of nitrogens with zero attached hydrogens (tertiary/aromatic N) is 5. The summed E-state index contributed by atoms with van der Waals surface area (Å²) in [5.41, 5.74) is 8.21. The number of ether oxygens (including phenoxy) is 3. The van der Waals surface area contributed by atoms with Crippen LogP contribution in [0, 0.1) is 0 Å². The summed E-state index contributed by atoms with van der Waals surface area (Å²) in [7, 11) is 4.40. The van der Waals surface area contributed by atoms with Crippen LogP contribution >= 0.6 is 0 Å². The Hall–Kier alpha value is -5.26. The number of hydrogen-bond donors (Lipinski definition) is 1. The number of pyridine rings is 1. The number of anilines is 1. The number of carbonyl (C=O) groups excluding carboxylic acids is 3. The van der Waals surface area contributed by atoms with E-state index in [-0.39, 0.29) is 24.7 Å². The molecule has 2 aromatic carbocycles. The van der Waals surface area contributed by atoms with E-state index in [0.717, 1.165) is 5.52 Å². The highest BCUT2D eigenvalue weighted by molar-refractivity contribution is 6.07. The fourth-order valence-corrected chi connectivity index (χ4v) is 4.18. The van der Waals surface area contributed by atoms with Crippen molar-refractivity contribution in [3.8, 4) is 5.75 Å². The summed E-state index contributed by atoms with van der Waals surface area (Å²) < 4.78 is 17.2. The molecule has 2 amide bonds. The van der Waals surface area contributed by atoms with E-state index in [1.54, 1.807) is 60.8 Å². The molecule has 0 aliphatic heterocycles. The molecule has 4 rings (SSSR count). The summed E-state index contributed by atoms with van der Waals surface area (Å²) in [5.74, 6) is 0.920. The molecule has 1 unspecified atom stereocenters. The van der Waals surface area contributed by atoms with Crippen LogP contribution in [-0.2, 0) is 21.3 Å². The topological polar surface area (TPSA) is 151 Å². The van der Waals surface area contributed by atoms with Crippen LogP contribution in [0.2, 0.25) is 0 Å². The predicted octanol–water partition coefficient (Wildman–Crippen LogP) is 3.79. The van der Waals surface area contributed by atoms with Crippen LogP contribution in [0.15, 0.2) is 71.9 Å². The number of fused-ring (bicyclic) bond motifs is 1. The van der Waals surface area contributed by atoms with Crippen molar-refractivity contribution in [2.24, 2.45) is 17.8 Å². The van der Waals surface area contributed by atoms with Gasteiger partial charge in [-0.1, -0.05) is 6.07 Å². The zero-order valence-electron chi connectivity index (χ0n) is 23.1. The third kappa shape index (κ3) is 6.67. The largest absolute Gasteiger partial charge is 0.483 e. The van der Waals surface area contributed by atoms with Crippen molar-refractivity contribution < 1.29 is 28.6 Å². The van der Waals surface area contributed by atoms with Gasteiger partial charge in [0.15, 0.2) is 11.9 Å². The summed E-state index contributed by atoms with van der Waals surface area (Å²) in [6, 6.07) is 17.3. The fourth-order valence-electron chi connectivity index (χ4n) is 4.18. The molecule has 0 aliphatic carbocycles. The number of methoxy groups -OCH3 is 2. The summed E-state index contributed by atoms with van der Waals surface area (Å²) in [4.78, 5) is 50.8. The van der Waals surface area contributed by atoms with Crippen LogP contribution in [0.3, 0.4) is 0 Å². The van der Waals surface area contributed by atoms with Crippen molar-refractivity contribution in [3.05, 3.63) is 83.8 Å². The van der Waals surface area contributed by atoms with Gasteiger partial charge in [0.1, 0.15) is 17.4 Å². The molecule has 0 saturated heterocycles. The van der Waals surface area contributed by atoms with Crippen LogP contribution in [-0.4, -0.2) is 59.1 Å². The lowest BCUT2D eigenvalue weighted by Crippen LogP contribution is -2.33. The number of imidazole rings is 1. The van der Waals surface area contributed by atoms with Crippen molar-refractivity contribution in [1.82, 2.24) is 14.5 Å². The Morgan fingerprint density at radius 3 is 2.41 bits per heavy atom. The number of carbonyl (C=O) groups is 3. The monoisotopic (exact) mass is 558 g/mol. The number of aromatic nitrogens is 3. The van der Waals surface area contributed by atoms with E-state index in [0.29, 0.717) is 34.0 Å². The summed E-state index contributed by atoms with van der Waals surface area (Å²) in [5, 5.41) is 0. The Bertz CT molecular complexity index is 1580. The molecule has 2 N–H and O–H groups in total. The number of esters is 1. The molecule has 212 valence electrons. The molecule has 12 heteroatoms. The molecule has 0 aliphatic rings. The van der Waals surface area contributed by atoms with E-state index in [1.165, 1.54) is 19.1 Å². The summed E-state index contributed by atoms with van der Waals surface area (Å²) in [6.45, 7) is 1.97. The number of aliphatic imine (C=N–C) groups is 1. The van der Waals surface area contributed by atoms with Gasteiger partial charge in [-0.2, -0.15) is 4.99 Å². The molecule has 0 saturated carbocycles. The number of rotatable bonds is 9. The average molecular weight is 559 g/mol. The minimum Gasteiger partial charge on any atom is -0.483 e. The van der Waals surface area contributed by atoms with Crippen LogP contribution in [0.25, 0.3) is 11.0 Å². The molecule has 41 heavy (non-hydrogen) atoms. The average Bonchev–Trinajstić information content (AvgIpc) is 3.33. The standard InChI is InChI=1S/C29H30N6O6/c1-18(41-21-11-8-19(9-12-21)26(30)33-29(38)40-4)27-32-22-17-20(10-13-23(22)34(27)2)28(37)35(16-14-25(36)39-3)24-7-5-6-15-31-24/h5-13,15,17-18H,14,16H2,1-4H3,(H2,30,33,38). The van der Waals surface area contributed by atoms with E-state index in [1.807, 2.05) is 24.6 Å². The fraction of sp³-hybridized carbons (Fsp3) is 0.241. The van der Waals surface area contributed by atoms with Crippen LogP contribution in [0.1, 0.15) is 41.2 Å². The number of amides is 2. The maximum absolute atomic E-state index is 13.5. The summed E-state index contributed by atoms with van der Waals surface area (Å²) >= 11 is 0. The lowest BCUT2D eigenvalue weighted by atomic mass is 10.1. The quantitative estimate of drug-likeness (QED) is 0.184.